The minimum absolute atomic E-state index is 0.129. The Bertz CT molecular complexity index is 482. The van der Waals surface area contributed by atoms with E-state index in [2.05, 4.69) is 5.32 Å². The number of nitrogens with one attached hydrogen (secondary N) is 1. The molecule has 17 heavy (non-hydrogen) atoms. The first-order chi connectivity index (χ1) is 8.16. The number of benzene rings is 1. The van der Waals surface area contributed by atoms with E-state index in [1.165, 1.54) is 6.07 Å². The molecule has 90 valence electrons. The minimum Gasteiger partial charge on any atom is -0.306 e. The number of rotatable bonds is 4. The quantitative estimate of drug-likeness (QED) is 0.872. The summed E-state index contributed by atoms with van der Waals surface area (Å²) < 4.78 is 26.3. The van der Waals surface area contributed by atoms with Gasteiger partial charge >= 0.3 is 0 Å². The van der Waals surface area contributed by atoms with Crippen LogP contribution in [0.2, 0.25) is 0 Å². The standard InChI is InChI=1S/C13H13F2NS/c1-9(10-4-5-17-8-10)16-7-11-6-12(14)2-3-13(11)15/h2-6,8-9,16H,7H2,1H3. The minimum atomic E-state index is -0.411. The zero-order chi connectivity index (χ0) is 12.3. The fourth-order valence-electron chi connectivity index (χ4n) is 1.58. The van der Waals surface area contributed by atoms with Gasteiger partial charge in [-0.25, -0.2) is 8.78 Å². The summed E-state index contributed by atoms with van der Waals surface area (Å²) in [6, 6.07) is 5.65. The monoisotopic (exact) mass is 253 g/mol. The van der Waals surface area contributed by atoms with Crippen LogP contribution in [0.25, 0.3) is 0 Å². The Balaban J connectivity index is 2.00. The first kappa shape index (κ1) is 12.2. The second-order valence-electron chi connectivity index (χ2n) is 3.90. The second kappa shape index (κ2) is 5.38. The van der Waals surface area contributed by atoms with Crippen molar-refractivity contribution in [3.8, 4) is 0 Å². The predicted molar refractivity (Wildman–Crippen MR) is 65.9 cm³/mol. The van der Waals surface area contributed by atoms with Crippen LogP contribution < -0.4 is 5.32 Å². The van der Waals surface area contributed by atoms with Gasteiger partial charge in [-0.15, -0.1) is 0 Å². The fourth-order valence-corrected chi connectivity index (χ4v) is 2.34. The van der Waals surface area contributed by atoms with Crippen molar-refractivity contribution in [3.05, 3.63) is 57.8 Å². The maximum Gasteiger partial charge on any atom is 0.127 e. The molecule has 2 rings (SSSR count). The molecule has 0 radical (unpaired) electrons. The van der Waals surface area contributed by atoms with Crippen molar-refractivity contribution in [2.75, 3.05) is 0 Å². The summed E-state index contributed by atoms with van der Waals surface area (Å²) in [4.78, 5) is 0. The fraction of sp³-hybridized carbons (Fsp3) is 0.231. The summed E-state index contributed by atoms with van der Waals surface area (Å²) in [5.41, 5.74) is 1.51. The van der Waals surface area contributed by atoms with Crippen molar-refractivity contribution in [2.24, 2.45) is 0 Å². The van der Waals surface area contributed by atoms with E-state index in [1.54, 1.807) is 11.3 Å². The van der Waals surface area contributed by atoms with Crippen LogP contribution in [0.15, 0.2) is 35.0 Å². The molecule has 0 amide bonds. The van der Waals surface area contributed by atoms with Gasteiger partial charge in [-0.05, 0) is 47.5 Å². The first-order valence-corrected chi connectivity index (χ1v) is 6.30. The van der Waals surface area contributed by atoms with Crippen molar-refractivity contribution >= 4 is 11.3 Å². The van der Waals surface area contributed by atoms with Gasteiger partial charge in [0.2, 0.25) is 0 Å². The molecule has 0 saturated carbocycles. The molecule has 1 unspecified atom stereocenters. The van der Waals surface area contributed by atoms with Crippen LogP contribution in [0.4, 0.5) is 8.78 Å². The molecule has 0 saturated heterocycles. The summed E-state index contributed by atoms with van der Waals surface area (Å²) in [6.45, 7) is 2.32. The molecule has 0 spiro atoms. The normalized spacial score (nSPS) is 12.6. The Labute approximate surface area is 103 Å². The van der Waals surface area contributed by atoms with Crippen LogP contribution >= 0.6 is 11.3 Å². The van der Waals surface area contributed by atoms with Gasteiger partial charge in [0.05, 0.1) is 0 Å². The number of hydrogen-bond acceptors (Lipinski definition) is 2. The van der Waals surface area contributed by atoms with E-state index in [0.29, 0.717) is 12.1 Å². The van der Waals surface area contributed by atoms with Crippen molar-refractivity contribution < 1.29 is 8.78 Å². The zero-order valence-corrected chi connectivity index (χ0v) is 10.2. The first-order valence-electron chi connectivity index (χ1n) is 5.36. The van der Waals surface area contributed by atoms with Crippen LogP contribution in [0, 0.1) is 11.6 Å². The van der Waals surface area contributed by atoms with Gasteiger partial charge in [-0.1, -0.05) is 0 Å². The lowest BCUT2D eigenvalue weighted by molar-refractivity contribution is 0.536. The highest BCUT2D eigenvalue weighted by atomic mass is 32.1. The molecule has 1 heterocycles. The summed E-state index contributed by atoms with van der Waals surface area (Å²) >= 11 is 1.62. The largest absolute Gasteiger partial charge is 0.306 e. The third-order valence-electron chi connectivity index (χ3n) is 2.65. The van der Waals surface area contributed by atoms with Crippen molar-refractivity contribution in [2.45, 2.75) is 19.5 Å². The molecule has 0 bridgehead atoms. The average Bonchev–Trinajstić information content (AvgIpc) is 2.83. The Hall–Kier alpha value is -1.26. The lowest BCUT2D eigenvalue weighted by Gasteiger charge is -2.12. The third kappa shape index (κ3) is 3.11. The Morgan fingerprint density at radius 3 is 2.82 bits per heavy atom. The number of hydrogen-bond donors (Lipinski definition) is 1. The van der Waals surface area contributed by atoms with Crippen molar-refractivity contribution in [1.29, 1.82) is 0 Å². The Kier molecular flexibility index (Phi) is 3.86. The van der Waals surface area contributed by atoms with Crippen LogP contribution in [0.5, 0.6) is 0 Å². The summed E-state index contributed by atoms with van der Waals surface area (Å²) in [7, 11) is 0. The molecule has 1 N–H and O–H groups in total. The maximum atomic E-state index is 13.4. The van der Waals surface area contributed by atoms with E-state index in [-0.39, 0.29) is 11.9 Å². The van der Waals surface area contributed by atoms with Gasteiger partial charge in [0.25, 0.3) is 0 Å². The van der Waals surface area contributed by atoms with E-state index in [0.717, 1.165) is 17.7 Å². The summed E-state index contributed by atoms with van der Waals surface area (Å²) in [5.74, 6) is -0.789. The van der Waals surface area contributed by atoms with E-state index in [4.69, 9.17) is 0 Å². The van der Waals surface area contributed by atoms with Crippen LogP contribution in [-0.4, -0.2) is 0 Å². The van der Waals surface area contributed by atoms with Gasteiger partial charge in [0.15, 0.2) is 0 Å². The van der Waals surface area contributed by atoms with Crippen molar-refractivity contribution in [1.82, 2.24) is 5.32 Å². The molecule has 4 heteroatoms. The van der Waals surface area contributed by atoms with Crippen LogP contribution in [-0.2, 0) is 6.54 Å². The molecule has 1 aromatic carbocycles. The highest BCUT2D eigenvalue weighted by Gasteiger charge is 2.08. The van der Waals surface area contributed by atoms with Gasteiger partial charge in [0, 0.05) is 18.2 Å². The van der Waals surface area contributed by atoms with Gasteiger partial charge in [-0.2, -0.15) is 11.3 Å². The topological polar surface area (TPSA) is 12.0 Å². The molecule has 0 fully saturated rings. The van der Waals surface area contributed by atoms with E-state index in [9.17, 15) is 8.78 Å². The molecule has 1 aromatic heterocycles. The van der Waals surface area contributed by atoms with Gasteiger partial charge in [0.1, 0.15) is 11.6 Å². The van der Waals surface area contributed by atoms with Crippen molar-refractivity contribution in [3.63, 3.8) is 0 Å². The van der Waals surface area contributed by atoms with Gasteiger partial charge < -0.3 is 5.32 Å². The van der Waals surface area contributed by atoms with Gasteiger partial charge in [-0.3, -0.25) is 0 Å². The van der Waals surface area contributed by atoms with Crippen LogP contribution in [0.1, 0.15) is 24.1 Å². The molecule has 1 atom stereocenters. The summed E-state index contributed by atoms with van der Waals surface area (Å²) in [5, 5.41) is 7.21. The molecule has 1 nitrogen and oxygen atoms in total. The Morgan fingerprint density at radius 1 is 1.29 bits per heavy atom. The summed E-state index contributed by atoms with van der Waals surface area (Å²) in [6.07, 6.45) is 0. The molecule has 0 aliphatic heterocycles. The number of thiophene rings is 1. The molecule has 0 aliphatic rings. The number of halogens is 2. The molecular formula is C13H13F2NS. The van der Waals surface area contributed by atoms with E-state index in [1.807, 2.05) is 23.8 Å². The highest BCUT2D eigenvalue weighted by Crippen LogP contribution is 2.17. The lowest BCUT2D eigenvalue weighted by atomic mass is 10.1. The average molecular weight is 253 g/mol. The molecular weight excluding hydrogens is 240 g/mol. The highest BCUT2D eigenvalue weighted by molar-refractivity contribution is 7.07. The lowest BCUT2D eigenvalue weighted by Crippen LogP contribution is -2.18. The zero-order valence-electron chi connectivity index (χ0n) is 9.41. The van der Waals surface area contributed by atoms with E-state index >= 15 is 0 Å². The second-order valence-corrected chi connectivity index (χ2v) is 4.68. The molecule has 0 aliphatic carbocycles. The van der Waals surface area contributed by atoms with E-state index < -0.39 is 5.82 Å². The Morgan fingerprint density at radius 2 is 2.12 bits per heavy atom. The predicted octanol–water partition coefficient (Wildman–Crippen LogP) is 3.88. The maximum absolute atomic E-state index is 13.4. The van der Waals surface area contributed by atoms with Crippen LogP contribution in [0.3, 0.4) is 0 Å². The molecule has 2 aromatic rings. The smallest absolute Gasteiger partial charge is 0.127 e. The third-order valence-corrected chi connectivity index (χ3v) is 3.35. The SMILES string of the molecule is CC(NCc1cc(F)ccc1F)c1ccsc1.